The molecule has 1 aliphatic rings. The molecular formula is C19H40O6P2. The molecule has 0 unspecified atom stereocenters. The minimum Gasteiger partial charge on any atom is -0.309 e. The van der Waals surface area contributed by atoms with Crippen LogP contribution in [0.5, 0.6) is 0 Å². The van der Waals surface area contributed by atoms with Gasteiger partial charge in [0.05, 0.1) is 38.2 Å². The average molecular weight is 426 g/mol. The summed E-state index contributed by atoms with van der Waals surface area (Å²) in [6.07, 6.45) is 6.35. The Kier molecular flexibility index (Phi) is 12.0. The quantitative estimate of drug-likeness (QED) is 0.296. The van der Waals surface area contributed by atoms with Gasteiger partial charge < -0.3 is 18.1 Å². The number of unbranched alkanes of at least 4 members (excludes halogenated alkanes) is 1. The summed E-state index contributed by atoms with van der Waals surface area (Å²) in [5, 5.41) is 0. The minimum atomic E-state index is -3.30. The van der Waals surface area contributed by atoms with Crippen molar-refractivity contribution in [1.29, 1.82) is 0 Å². The highest BCUT2D eigenvalue weighted by Gasteiger charge is 2.49. The van der Waals surface area contributed by atoms with Gasteiger partial charge in [0.25, 0.3) is 0 Å². The zero-order valence-corrected chi connectivity index (χ0v) is 19.6. The third-order valence-electron chi connectivity index (χ3n) is 5.14. The predicted molar refractivity (Wildman–Crippen MR) is 111 cm³/mol. The molecule has 1 fully saturated rings. The Balaban J connectivity index is 3.19. The molecule has 0 aliphatic heterocycles. The van der Waals surface area contributed by atoms with Crippen LogP contribution in [0.25, 0.3) is 0 Å². The highest BCUT2D eigenvalue weighted by atomic mass is 31.2. The zero-order chi connectivity index (χ0) is 20.3. The van der Waals surface area contributed by atoms with Crippen molar-refractivity contribution in [1.82, 2.24) is 0 Å². The van der Waals surface area contributed by atoms with Crippen LogP contribution in [0.4, 0.5) is 0 Å². The fourth-order valence-corrected chi connectivity index (χ4v) is 9.20. The summed E-state index contributed by atoms with van der Waals surface area (Å²) in [7, 11) is -6.52. The van der Waals surface area contributed by atoms with E-state index < -0.39 is 15.2 Å². The lowest BCUT2D eigenvalue weighted by atomic mass is 9.79. The van der Waals surface area contributed by atoms with E-state index in [-0.39, 0.29) is 23.7 Å². The molecule has 0 N–H and O–H groups in total. The van der Waals surface area contributed by atoms with Crippen LogP contribution in [0.1, 0.15) is 73.1 Å². The van der Waals surface area contributed by atoms with Gasteiger partial charge in [0.2, 0.25) is 0 Å². The molecule has 0 aromatic rings. The first-order valence-corrected chi connectivity index (χ1v) is 14.0. The van der Waals surface area contributed by atoms with E-state index in [0.29, 0.717) is 26.4 Å². The van der Waals surface area contributed by atoms with Crippen molar-refractivity contribution >= 4 is 15.2 Å². The lowest BCUT2D eigenvalue weighted by Gasteiger charge is -2.42. The fourth-order valence-electron chi connectivity index (χ4n) is 4.26. The maximum atomic E-state index is 13.7. The van der Waals surface area contributed by atoms with Crippen molar-refractivity contribution in [3.63, 3.8) is 0 Å². The third kappa shape index (κ3) is 7.57. The van der Waals surface area contributed by atoms with Crippen molar-refractivity contribution in [2.75, 3.05) is 32.6 Å². The molecule has 0 amide bonds. The Bertz CT molecular complexity index is 479. The number of hydrogen-bond donors (Lipinski definition) is 0. The van der Waals surface area contributed by atoms with E-state index in [1.807, 2.05) is 27.7 Å². The summed E-state index contributed by atoms with van der Waals surface area (Å²) >= 11 is 0. The topological polar surface area (TPSA) is 71.1 Å². The second-order valence-corrected chi connectivity index (χ2v) is 11.4. The first-order valence-electron chi connectivity index (χ1n) is 10.7. The maximum absolute atomic E-state index is 13.7. The van der Waals surface area contributed by atoms with Crippen molar-refractivity contribution in [2.45, 2.75) is 78.8 Å². The van der Waals surface area contributed by atoms with Crippen LogP contribution < -0.4 is 0 Å². The van der Waals surface area contributed by atoms with E-state index in [2.05, 4.69) is 6.92 Å². The smallest absolute Gasteiger partial charge is 0.309 e. The summed E-state index contributed by atoms with van der Waals surface area (Å²) in [4.78, 5) is 0. The molecule has 3 atom stereocenters. The van der Waals surface area contributed by atoms with E-state index in [1.54, 1.807) is 0 Å². The SMILES string of the molecule is CCCC[C@@H]1CCC[C@H](CP(=O)(OCC)OCC)[C@H]1P(=O)(OCC)OCC. The van der Waals surface area contributed by atoms with Gasteiger partial charge in [-0.2, -0.15) is 0 Å². The Morgan fingerprint density at radius 1 is 0.778 bits per heavy atom. The van der Waals surface area contributed by atoms with Crippen LogP contribution in [-0.2, 0) is 27.2 Å². The van der Waals surface area contributed by atoms with E-state index in [9.17, 15) is 9.13 Å². The van der Waals surface area contributed by atoms with Gasteiger partial charge in [0.15, 0.2) is 0 Å². The van der Waals surface area contributed by atoms with Gasteiger partial charge in [0.1, 0.15) is 0 Å². The Hall–Kier alpha value is 0.300. The first kappa shape index (κ1) is 25.3. The van der Waals surface area contributed by atoms with E-state index in [4.69, 9.17) is 18.1 Å². The van der Waals surface area contributed by atoms with Crippen molar-refractivity contribution in [3.05, 3.63) is 0 Å². The summed E-state index contributed by atoms with van der Waals surface area (Å²) < 4.78 is 49.5. The lowest BCUT2D eigenvalue weighted by molar-refractivity contribution is 0.164. The van der Waals surface area contributed by atoms with Gasteiger partial charge in [-0.15, -0.1) is 0 Å². The van der Waals surface area contributed by atoms with Crippen LogP contribution in [0.2, 0.25) is 0 Å². The molecule has 1 rings (SSSR count). The van der Waals surface area contributed by atoms with Crippen LogP contribution in [0.3, 0.4) is 0 Å². The van der Waals surface area contributed by atoms with Gasteiger partial charge in [-0.1, -0.05) is 26.2 Å². The predicted octanol–water partition coefficient (Wildman–Crippen LogP) is 6.49. The second-order valence-electron chi connectivity index (χ2n) is 7.09. The molecule has 0 spiro atoms. The largest absolute Gasteiger partial charge is 0.334 e. The standard InChI is InChI=1S/C19H40O6P2/c1-6-11-13-17-14-12-15-18(16-26(20,22-7-2)23-8-3)19(17)27(21,24-9-4)25-10-5/h17-19H,6-16H2,1-5H3/t17-,18-,19+/m1/s1. The highest BCUT2D eigenvalue weighted by molar-refractivity contribution is 7.55. The van der Waals surface area contributed by atoms with E-state index >= 15 is 0 Å². The molecule has 162 valence electrons. The third-order valence-corrected chi connectivity index (χ3v) is 10.2. The van der Waals surface area contributed by atoms with Gasteiger partial charge in [0, 0.05) is 0 Å². The Morgan fingerprint density at radius 2 is 1.30 bits per heavy atom. The monoisotopic (exact) mass is 426 g/mol. The molecular weight excluding hydrogens is 386 g/mol. The summed E-state index contributed by atoms with van der Waals surface area (Å²) in [5.74, 6) is 0.206. The van der Waals surface area contributed by atoms with Crippen molar-refractivity contribution in [2.24, 2.45) is 11.8 Å². The van der Waals surface area contributed by atoms with E-state index in [1.165, 1.54) is 0 Å². The maximum Gasteiger partial charge on any atom is 0.334 e. The van der Waals surface area contributed by atoms with Gasteiger partial charge in [-0.05, 0) is 58.8 Å². The van der Waals surface area contributed by atoms with Crippen molar-refractivity contribution in [3.8, 4) is 0 Å². The Labute approximate surface area is 166 Å². The van der Waals surface area contributed by atoms with Gasteiger partial charge >= 0.3 is 15.2 Å². The van der Waals surface area contributed by atoms with Crippen LogP contribution >= 0.6 is 15.2 Å². The summed E-state index contributed by atoms with van der Waals surface area (Å²) in [6.45, 7) is 10.8. The molecule has 8 heteroatoms. The number of rotatable bonds is 14. The first-order chi connectivity index (χ1) is 12.9. The summed E-state index contributed by atoms with van der Waals surface area (Å²) in [5.41, 5.74) is -0.244. The number of hydrogen-bond acceptors (Lipinski definition) is 6. The van der Waals surface area contributed by atoms with Crippen LogP contribution in [0, 0.1) is 11.8 Å². The van der Waals surface area contributed by atoms with Crippen molar-refractivity contribution < 1.29 is 27.2 Å². The lowest BCUT2D eigenvalue weighted by Crippen LogP contribution is -2.37. The van der Waals surface area contributed by atoms with Crippen LogP contribution in [0.15, 0.2) is 0 Å². The van der Waals surface area contributed by atoms with Gasteiger partial charge in [-0.25, -0.2) is 0 Å². The molecule has 27 heavy (non-hydrogen) atoms. The molecule has 0 radical (unpaired) electrons. The molecule has 0 aromatic carbocycles. The molecule has 1 saturated carbocycles. The molecule has 1 aliphatic carbocycles. The second kappa shape index (κ2) is 12.8. The van der Waals surface area contributed by atoms with E-state index in [0.717, 1.165) is 38.5 Å². The van der Waals surface area contributed by atoms with Crippen LogP contribution in [-0.4, -0.2) is 38.2 Å². The normalized spacial score (nSPS) is 24.3. The molecule has 6 nitrogen and oxygen atoms in total. The molecule has 0 heterocycles. The Morgan fingerprint density at radius 3 is 1.78 bits per heavy atom. The molecule has 0 saturated heterocycles. The highest BCUT2D eigenvalue weighted by Crippen LogP contribution is 2.64. The molecule has 0 aromatic heterocycles. The fraction of sp³-hybridized carbons (Fsp3) is 1.00. The zero-order valence-electron chi connectivity index (χ0n) is 17.9. The average Bonchev–Trinajstić information content (AvgIpc) is 2.60. The summed E-state index contributed by atoms with van der Waals surface area (Å²) in [6, 6.07) is 0. The minimum absolute atomic E-state index is 0.0477. The van der Waals surface area contributed by atoms with Gasteiger partial charge in [-0.3, -0.25) is 9.13 Å². The molecule has 0 bridgehead atoms.